The predicted molar refractivity (Wildman–Crippen MR) is 238 cm³/mol. The quantitative estimate of drug-likeness (QED) is 0.108. The number of ether oxygens (including phenoxy) is 5. The van der Waals surface area contributed by atoms with Crippen LogP contribution in [0.1, 0.15) is 139 Å². The number of amides is 2. The van der Waals surface area contributed by atoms with Gasteiger partial charge in [0.2, 0.25) is 0 Å². The molecule has 2 spiro atoms. The lowest BCUT2D eigenvalue weighted by molar-refractivity contribution is -0.397. The van der Waals surface area contributed by atoms with Gasteiger partial charge in [-0.25, -0.2) is 9.18 Å². The largest absolute Gasteiger partial charge is 0.481 e. The third-order valence-electron chi connectivity index (χ3n) is 16.1. The number of carboxylic acids is 1. The Hall–Kier alpha value is -2.98. The zero-order valence-electron chi connectivity index (χ0n) is 39.8. The van der Waals surface area contributed by atoms with Gasteiger partial charge in [-0.05, 0) is 107 Å². The number of aliphatic hydroxyl groups excluding tert-OH is 1. The second kappa shape index (κ2) is 20.1. The van der Waals surface area contributed by atoms with Crippen LogP contribution < -0.4 is 10.6 Å². The van der Waals surface area contributed by atoms with Crippen LogP contribution in [0.5, 0.6) is 0 Å². The summed E-state index contributed by atoms with van der Waals surface area (Å²) in [7, 11) is 0. The molecule has 360 valence electrons. The van der Waals surface area contributed by atoms with Gasteiger partial charge in [-0.2, -0.15) is 0 Å². The lowest BCUT2D eigenvalue weighted by atomic mass is 9.72. The van der Waals surface area contributed by atoms with Gasteiger partial charge in [0.15, 0.2) is 11.6 Å². The minimum Gasteiger partial charge on any atom is -0.481 e. The Balaban J connectivity index is 1.23. The Morgan fingerprint density at radius 3 is 2.20 bits per heavy atom. The molecule has 0 radical (unpaired) electrons. The molecular formula is C50H77FN2O11. The number of benzene rings is 1. The second-order valence-corrected chi connectivity index (χ2v) is 20.4. The van der Waals surface area contributed by atoms with Crippen LogP contribution in [0.2, 0.25) is 0 Å². The van der Waals surface area contributed by atoms with E-state index in [-0.39, 0.29) is 42.0 Å². The zero-order chi connectivity index (χ0) is 46.9. The van der Waals surface area contributed by atoms with E-state index in [1.54, 1.807) is 19.1 Å². The van der Waals surface area contributed by atoms with Gasteiger partial charge in [0.1, 0.15) is 17.6 Å². The maximum Gasteiger partial charge on any atom is 0.315 e. The molecule has 64 heavy (non-hydrogen) atoms. The van der Waals surface area contributed by atoms with Crippen LogP contribution in [0.25, 0.3) is 0 Å². The molecule has 5 aliphatic heterocycles. The van der Waals surface area contributed by atoms with Crippen molar-refractivity contribution in [2.24, 2.45) is 41.4 Å². The van der Waals surface area contributed by atoms with Crippen molar-refractivity contribution in [3.05, 3.63) is 47.8 Å². The molecule has 1 aromatic rings. The predicted octanol–water partition coefficient (Wildman–Crippen LogP) is 7.83. The van der Waals surface area contributed by atoms with Gasteiger partial charge in [-0.3, -0.25) is 9.59 Å². The Labute approximate surface area is 379 Å². The lowest BCUT2D eigenvalue weighted by Crippen LogP contribution is -2.66. The van der Waals surface area contributed by atoms with Crippen LogP contribution in [-0.4, -0.2) is 98.5 Å². The summed E-state index contributed by atoms with van der Waals surface area (Å²) in [5, 5.41) is 38.9. The number of carboxylic acid groups (broad SMARTS) is 1. The van der Waals surface area contributed by atoms with Crippen molar-refractivity contribution in [1.82, 2.24) is 10.6 Å². The molecule has 18 atom stereocenters. The smallest absolute Gasteiger partial charge is 0.315 e. The highest BCUT2D eigenvalue weighted by atomic mass is 19.1. The molecule has 0 aromatic heterocycles. The standard InChI is InChI=1S/C50H77FN2O11/c1-11-36(45(56)57)38-19-14-28(4)43(61-38)32(8)41(54)31(7)42(55)37(12-2)44-29(5)26-30(6)49(62-44)23-20-39(53-46(58)52-27-34-15-17-35(51)18-16-34)50(64-49)25-24-47(10,63-50)40-21-22-48(59,13-3)33(9)60-40/h15-18,20,23,28-33,36-41,43-44,54,59H,11-14,19,21-22,24-27H2,1-10H3,(H,56,57)(H2,52,53,58)/t28-,29-,30+,31-,32-,33-,36+,37-,38+,39+,40+,41+,43+,44-,47-,48+,49-,50-/m0/s1. The normalized spacial score (nSPS) is 40.0. The van der Waals surface area contributed by atoms with Crippen molar-refractivity contribution < 1.29 is 57.8 Å². The van der Waals surface area contributed by atoms with E-state index in [4.69, 9.17) is 23.7 Å². The van der Waals surface area contributed by atoms with Gasteiger partial charge in [0.25, 0.3) is 0 Å². The molecule has 0 aliphatic carbocycles. The summed E-state index contributed by atoms with van der Waals surface area (Å²) in [6.45, 7) is 19.7. The van der Waals surface area contributed by atoms with Gasteiger partial charge in [0, 0.05) is 36.6 Å². The molecule has 2 amide bonds. The molecule has 0 saturated carbocycles. The zero-order valence-corrected chi connectivity index (χ0v) is 39.8. The minimum atomic E-state index is -1.40. The average molecular weight is 901 g/mol. The number of aliphatic hydroxyl groups is 2. The van der Waals surface area contributed by atoms with E-state index in [1.165, 1.54) is 12.1 Å². The molecule has 14 heteroatoms. The summed E-state index contributed by atoms with van der Waals surface area (Å²) in [6, 6.07) is 4.69. The fourth-order valence-corrected chi connectivity index (χ4v) is 11.6. The van der Waals surface area contributed by atoms with Crippen LogP contribution in [0.3, 0.4) is 0 Å². The lowest BCUT2D eigenvalue weighted by Gasteiger charge is -2.55. The highest BCUT2D eigenvalue weighted by molar-refractivity contribution is 5.84. The molecule has 4 saturated heterocycles. The Kier molecular flexibility index (Phi) is 15.8. The summed E-state index contributed by atoms with van der Waals surface area (Å²) in [5.41, 5.74) is -1.06. The number of hydrogen-bond donors (Lipinski definition) is 5. The first kappa shape index (κ1) is 50.4. The summed E-state index contributed by atoms with van der Waals surface area (Å²) >= 11 is 0. The highest BCUT2D eigenvalue weighted by Crippen LogP contribution is 2.54. The van der Waals surface area contributed by atoms with Crippen molar-refractivity contribution in [3.63, 3.8) is 0 Å². The maximum atomic E-state index is 14.7. The summed E-state index contributed by atoms with van der Waals surface area (Å²) < 4.78 is 48.1. The van der Waals surface area contributed by atoms with Crippen LogP contribution in [0, 0.1) is 47.2 Å². The average Bonchev–Trinajstić information content (AvgIpc) is 3.61. The molecule has 4 fully saturated rings. The van der Waals surface area contributed by atoms with Crippen LogP contribution in [0.4, 0.5) is 9.18 Å². The Bertz CT molecular complexity index is 1820. The number of carbonyl (C=O) groups excluding carboxylic acids is 2. The summed E-state index contributed by atoms with van der Waals surface area (Å²) in [4.78, 5) is 40.3. The van der Waals surface area contributed by atoms with Gasteiger partial charge < -0.3 is 49.6 Å². The van der Waals surface area contributed by atoms with Crippen molar-refractivity contribution >= 4 is 17.8 Å². The summed E-state index contributed by atoms with van der Waals surface area (Å²) in [6.07, 6.45) is 6.02. The van der Waals surface area contributed by atoms with Crippen molar-refractivity contribution in [1.29, 1.82) is 0 Å². The van der Waals surface area contributed by atoms with E-state index < -0.39 is 95.0 Å². The summed E-state index contributed by atoms with van der Waals surface area (Å²) in [5.74, 6) is -6.69. The molecule has 5 N–H and O–H groups in total. The van der Waals surface area contributed by atoms with Crippen molar-refractivity contribution in [2.45, 2.75) is 205 Å². The number of Topliss-reactive ketones (excluding diaryl/α,β-unsaturated/α-hetero) is 1. The number of rotatable bonds is 15. The fraction of sp³-hybridized carbons (Fsp3) is 0.780. The van der Waals surface area contributed by atoms with E-state index in [1.807, 2.05) is 53.7 Å². The number of urea groups is 1. The third kappa shape index (κ3) is 10.1. The number of ketones is 1. The van der Waals surface area contributed by atoms with Gasteiger partial charge in [-0.1, -0.05) is 73.6 Å². The molecule has 0 bridgehead atoms. The molecule has 5 heterocycles. The van der Waals surface area contributed by atoms with E-state index in [0.717, 1.165) is 12.0 Å². The van der Waals surface area contributed by atoms with Crippen LogP contribution >= 0.6 is 0 Å². The third-order valence-corrected chi connectivity index (χ3v) is 16.1. The molecule has 0 unspecified atom stereocenters. The number of aliphatic carboxylic acids is 1. The van der Waals surface area contributed by atoms with Crippen molar-refractivity contribution in [2.75, 3.05) is 0 Å². The number of hydrogen-bond acceptors (Lipinski definition) is 10. The van der Waals surface area contributed by atoms with E-state index in [0.29, 0.717) is 57.8 Å². The topological polar surface area (TPSA) is 182 Å². The molecule has 6 rings (SSSR count). The van der Waals surface area contributed by atoms with E-state index >= 15 is 0 Å². The van der Waals surface area contributed by atoms with Gasteiger partial charge in [-0.15, -0.1) is 0 Å². The molecule has 5 aliphatic rings. The first-order valence-electron chi connectivity index (χ1n) is 24.2. The number of halogens is 1. The maximum absolute atomic E-state index is 14.7. The fourth-order valence-electron chi connectivity index (χ4n) is 11.6. The van der Waals surface area contributed by atoms with Gasteiger partial charge >= 0.3 is 12.0 Å². The van der Waals surface area contributed by atoms with Crippen molar-refractivity contribution in [3.8, 4) is 0 Å². The van der Waals surface area contributed by atoms with E-state index in [2.05, 4.69) is 31.4 Å². The number of carbonyl (C=O) groups is 3. The second-order valence-electron chi connectivity index (χ2n) is 20.4. The number of nitrogens with one attached hydrogen (secondary N) is 2. The Morgan fingerprint density at radius 2 is 1.58 bits per heavy atom. The first-order valence-corrected chi connectivity index (χ1v) is 24.2. The first-order chi connectivity index (χ1) is 30.1. The van der Waals surface area contributed by atoms with Gasteiger partial charge in [0.05, 0.1) is 53.7 Å². The van der Waals surface area contributed by atoms with E-state index in [9.17, 15) is 34.1 Å². The monoisotopic (exact) mass is 901 g/mol. The van der Waals surface area contributed by atoms with Crippen LogP contribution in [0.15, 0.2) is 36.4 Å². The highest BCUT2D eigenvalue weighted by Gasteiger charge is 2.63. The Morgan fingerprint density at radius 1 is 0.891 bits per heavy atom. The van der Waals surface area contributed by atoms with Crippen LogP contribution in [-0.2, 0) is 39.8 Å². The minimum absolute atomic E-state index is 0.0500. The SMILES string of the molecule is CC[C@@H](C(=O)[C@@H](C)[C@@H](O)[C@H](C)[C@@H]1O[C@@H]([C@@H](CC)C(=O)O)CC[C@@H]1C)[C@H]1O[C@]2(C=C[C@@H](NC(=O)NCc3ccc(F)cc3)[C@]3(CC[C@@](C)([C@H]4CC[C@](O)(CC)[C@H](C)O4)O3)O2)[C@H](C)C[C@@H]1C. The molecule has 1 aromatic carbocycles. The molecule has 13 nitrogen and oxygen atoms in total. The molecular weight excluding hydrogens is 824 g/mol.